The first-order chi connectivity index (χ1) is 16.2. The van der Waals surface area contributed by atoms with Crippen molar-refractivity contribution in [1.82, 2.24) is 5.32 Å². The van der Waals surface area contributed by atoms with E-state index in [4.69, 9.17) is 0 Å². The molecule has 2 unspecified atom stereocenters. The van der Waals surface area contributed by atoms with Gasteiger partial charge in [-0.1, -0.05) is 30.3 Å². The summed E-state index contributed by atoms with van der Waals surface area (Å²) in [5, 5.41) is 24.4. The molecule has 2 aliphatic carbocycles. The van der Waals surface area contributed by atoms with Crippen molar-refractivity contribution in [3.63, 3.8) is 0 Å². The molecule has 2 aromatic carbocycles. The summed E-state index contributed by atoms with van der Waals surface area (Å²) in [5.41, 5.74) is 0.404. The van der Waals surface area contributed by atoms with Gasteiger partial charge in [0.15, 0.2) is 5.78 Å². The van der Waals surface area contributed by atoms with Gasteiger partial charge in [0.2, 0.25) is 5.91 Å². The summed E-state index contributed by atoms with van der Waals surface area (Å²) in [6.45, 7) is 1.59. The van der Waals surface area contributed by atoms with Gasteiger partial charge >= 0.3 is 0 Å². The van der Waals surface area contributed by atoms with Gasteiger partial charge in [-0.3, -0.25) is 9.59 Å². The molecule has 1 amide bonds. The second-order valence-corrected chi connectivity index (χ2v) is 8.93. The Hall–Kier alpha value is -3.74. The van der Waals surface area contributed by atoms with E-state index in [1.54, 1.807) is 37.3 Å². The van der Waals surface area contributed by atoms with Crippen LogP contribution in [0.5, 0.6) is 0 Å². The van der Waals surface area contributed by atoms with Gasteiger partial charge < -0.3 is 15.5 Å². The Morgan fingerprint density at radius 3 is 2.26 bits per heavy atom. The summed E-state index contributed by atoms with van der Waals surface area (Å²) in [5.74, 6) is -2.78. The standard InChI is InChI=1S/C27H25F2NO4/c1-27(25(33)17-5-3-2-4-6-17)13-23(31)21-8-7-18(11-22(21)24(32)14-27)26(34)30-15-16-9-19(28)12-20(29)10-16/h2-6,9-10,12-14,18,31-32H,7-8,11,15H2,1H3,(H,30,34). The van der Waals surface area contributed by atoms with E-state index in [1.807, 2.05) is 0 Å². The normalized spacial score (nSPS) is 22.3. The molecule has 176 valence electrons. The molecule has 2 atom stereocenters. The van der Waals surface area contributed by atoms with Crippen LogP contribution in [0.25, 0.3) is 0 Å². The number of halogens is 2. The van der Waals surface area contributed by atoms with Crippen molar-refractivity contribution in [2.24, 2.45) is 11.3 Å². The van der Waals surface area contributed by atoms with Crippen LogP contribution in [-0.4, -0.2) is 21.9 Å². The van der Waals surface area contributed by atoms with Gasteiger partial charge in [-0.05, 0) is 56.0 Å². The van der Waals surface area contributed by atoms with E-state index in [1.165, 1.54) is 12.2 Å². The van der Waals surface area contributed by atoms with E-state index in [2.05, 4.69) is 5.32 Å². The monoisotopic (exact) mass is 465 g/mol. The molecule has 4 rings (SSSR count). The van der Waals surface area contributed by atoms with Crippen LogP contribution in [0.4, 0.5) is 8.78 Å². The van der Waals surface area contributed by atoms with Crippen molar-refractivity contribution in [2.45, 2.75) is 32.7 Å². The molecular weight excluding hydrogens is 440 g/mol. The molecule has 2 aromatic rings. The number of carbonyl (C=O) groups is 2. The van der Waals surface area contributed by atoms with Crippen LogP contribution in [0.15, 0.2) is 83.3 Å². The Bertz CT molecular complexity index is 1210. The second-order valence-electron chi connectivity index (χ2n) is 8.93. The number of carbonyl (C=O) groups excluding carboxylic acids is 2. The summed E-state index contributed by atoms with van der Waals surface area (Å²) in [7, 11) is 0. The lowest BCUT2D eigenvalue weighted by atomic mass is 9.81. The van der Waals surface area contributed by atoms with Gasteiger partial charge in [-0.25, -0.2) is 8.78 Å². The van der Waals surface area contributed by atoms with Crippen molar-refractivity contribution in [3.8, 4) is 0 Å². The Labute approximate surface area is 196 Å². The van der Waals surface area contributed by atoms with Crippen LogP contribution < -0.4 is 5.32 Å². The molecule has 3 N–H and O–H groups in total. The minimum atomic E-state index is -1.27. The van der Waals surface area contributed by atoms with Gasteiger partial charge in [-0.15, -0.1) is 0 Å². The van der Waals surface area contributed by atoms with Crippen LogP contribution >= 0.6 is 0 Å². The van der Waals surface area contributed by atoms with E-state index in [0.29, 0.717) is 35.1 Å². The van der Waals surface area contributed by atoms with Crippen LogP contribution in [0.2, 0.25) is 0 Å². The number of hydrogen-bond donors (Lipinski definition) is 3. The summed E-state index contributed by atoms with van der Waals surface area (Å²) in [6.07, 6.45) is 3.76. The quantitative estimate of drug-likeness (QED) is 0.512. The molecule has 0 aromatic heterocycles. The summed E-state index contributed by atoms with van der Waals surface area (Å²) < 4.78 is 26.8. The maximum absolute atomic E-state index is 13.4. The first-order valence-corrected chi connectivity index (χ1v) is 11.1. The Morgan fingerprint density at radius 2 is 1.62 bits per heavy atom. The fourth-order valence-electron chi connectivity index (χ4n) is 4.57. The molecule has 7 heteroatoms. The third-order valence-corrected chi connectivity index (χ3v) is 6.33. The smallest absolute Gasteiger partial charge is 0.223 e. The molecular formula is C27H25F2NO4. The predicted octanol–water partition coefficient (Wildman–Crippen LogP) is 5.46. The Kier molecular flexibility index (Phi) is 6.37. The molecule has 0 aliphatic heterocycles. The number of ketones is 1. The fourth-order valence-corrected chi connectivity index (χ4v) is 4.57. The average Bonchev–Trinajstić information content (AvgIpc) is 2.90. The number of benzene rings is 2. The predicted molar refractivity (Wildman–Crippen MR) is 123 cm³/mol. The number of hydrogen-bond acceptors (Lipinski definition) is 4. The van der Waals surface area contributed by atoms with Crippen LogP contribution in [0, 0.1) is 23.0 Å². The summed E-state index contributed by atoms with van der Waals surface area (Å²) >= 11 is 0. The molecule has 2 aliphatic rings. The first kappa shape index (κ1) is 23.4. The SMILES string of the molecule is CC1(C(=O)c2ccccc2)C=C(O)C2=C(CC(C(=O)NCc3cc(F)cc(F)c3)CC2)C(O)=C1. The number of nitrogens with one attached hydrogen (secondary N) is 1. The van der Waals surface area contributed by atoms with E-state index in [9.17, 15) is 28.6 Å². The molecule has 34 heavy (non-hydrogen) atoms. The highest BCUT2D eigenvalue weighted by Gasteiger charge is 2.37. The van der Waals surface area contributed by atoms with Crippen LogP contribution in [0.1, 0.15) is 42.1 Å². The van der Waals surface area contributed by atoms with Gasteiger partial charge in [0.1, 0.15) is 23.2 Å². The molecule has 0 spiro atoms. The van der Waals surface area contributed by atoms with Gasteiger partial charge in [0, 0.05) is 35.2 Å². The number of amides is 1. The third-order valence-electron chi connectivity index (χ3n) is 6.33. The zero-order valence-corrected chi connectivity index (χ0v) is 18.6. The highest BCUT2D eigenvalue weighted by molar-refractivity contribution is 6.03. The lowest BCUT2D eigenvalue weighted by molar-refractivity contribution is -0.125. The minimum Gasteiger partial charge on any atom is -0.508 e. The van der Waals surface area contributed by atoms with Gasteiger partial charge in [0.05, 0.1) is 5.41 Å². The van der Waals surface area contributed by atoms with Gasteiger partial charge in [0.25, 0.3) is 0 Å². The maximum Gasteiger partial charge on any atom is 0.223 e. The summed E-state index contributed by atoms with van der Waals surface area (Å²) in [6, 6.07) is 11.7. The molecule has 0 fully saturated rings. The molecule has 0 heterocycles. The van der Waals surface area contributed by atoms with Crippen molar-refractivity contribution >= 4 is 11.7 Å². The zero-order chi connectivity index (χ0) is 24.5. The number of aliphatic hydroxyl groups excluding tert-OH is 2. The highest BCUT2D eigenvalue weighted by atomic mass is 19.1. The lowest BCUT2D eigenvalue weighted by Gasteiger charge is -2.25. The number of Topliss-reactive ketones (excluding diaryl/α,β-unsaturated/α-hetero) is 1. The van der Waals surface area contributed by atoms with Crippen molar-refractivity contribution in [3.05, 3.63) is 106 Å². The molecule has 5 nitrogen and oxygen atoms in total. The minimum absolute atomic E-state index is 0.0352. The number of allylic oxidation sites excluding steroid dienone is 4. The molecule has 0 bridgehead atoms. The number of aliphatic hydroxyl groups is 2. The van der Waals surface area contributed by atoms with Gasteiger partial charge in [-0.2, -0.15) is 0 Å². The highest BCUT2D eigenvalue weighted by Crippen LogP contribution is 2.42. The van der Waals surface area contributed by atoms with E-state index in [0.717, 1.165) is 18.2 Å². The zero-order valence-electron chi connectivity index (χ0n) is 18.6. The molecule has 0 radical (unpaired) electrons. The topological polar surface area (TPSA) is 86.6 Å². The average molecular weight is 465 g/mol. The van der Waals surface area contributed by atoms with Crippen molar-refractivity contribution in [2.75, 3.05) is 0 Å². The summed E-state index contributed by atoms with van der Waals surface area (Å²) in [4.78, 5) is 25.9. The third kappa shape index (κ3) is 4.78. The molecule has 0 saturated heterocycles. The van der Waals surface area contributed by atoms with E-state index < -0.39 is 23.0 Å². The van der Waals surface area contributed by atoms with Crippen LogP contribution in [0.3, 0.4) is 0 Å². The maximum atomic E-state index is 13.4. The fraction of sp³-hybridized carbons (Fsp3) is 0.259. The van der Waals surface area contributed by atoms with Crippen LogP contribution in [-0.2, 0) is 11.3 Å². The van der Waals surface area contributed by atoms with E-state index >= 15 is 0 Å². The van der Waals surface area contributed by atoms with E-state index in [-0.39, 0.29) is 36.2 Å². The first-order valence-electron chi connectivity index (χ1n) is 11.1. The Morgan fingerprint density at radius 1 is 1.00 bits per heavy atom. The largest absolute Gasteiger partial charge is 0.508 e. The lowest BCUT2D eigenvalue weighted by Crippen LogP contribution is -2.32. The molecule has 0 saturated carbocycles. The number of rotatable bonds is 5. The van der Waals surface area contributed by atoms with Crippen molar-refractivity contribution in [1.29, 1.82) is 0 Å². The Balaban J connectivity index is 1.52. The van der Waals surface area contributed by atoms with Crippen molar-refractivity contribution < 1.29 is 28.6 Å². The second kappa shape index (κ2) is 9.25.